The molecule has 6 rings (SSSR count). The smallest absolute Gasteiger partial charge is 0.143 e. The van der Waals surface area contributed by atoms with Gasteiger partial charge in [0.05, 0.1) is 22.5 Å². The summed E-state index contributed by atoms with van der Waals surface area (Å²) >= 11 is 0. The molecule has 0 heterocycles. The number of fused-ring (bicyclic) bond motifs is 1. The van der Waals surface area contributed by atoms with Crippen LogP contribution in [0.15, 0.2) is 121 Å². The molecule has 0 radical (unpaired) electrons. The van der Waals surface area contributed by atoms with E-state index in [-0.39, 0.29) is 22.9 Å². The molecule has 0 fully saturated rings. The third kappa shape index (κ3) is 6.36. The number of ether oxygens (including phenoxy) is 2. The van der Waals surface area contributed by atoms with Crippen molar-refractivity contribution >= 4 is 22.1 Å². The summed E-state index contributed by atoms with van der Waals surface area (Å²) in [5.74, 6) is 14.5. The minimum absolute atomic E-state index is 0.0748. The largest absolute Gasteiger partial charge is 0.506 e. The lowest BCUT2D eigenvalue weighted by molar-refractivity contribution is 0.455. The zero-order valence-corrected chi connectivity index (χ0v) is 23.4. The highest BCUT2D eigenvalue weighted by molar-refractivity contribution is 5.89. The Morgan fingerprint density at radius 2 is 0.864 bits per heavy atom. The first-order chi connectivity index (χ1) is 21.4. The van der Waals surface area contributed by atoms with Crippen LogP contribution >= 0.6 is 0 Å². The molecular weight excluding hydrogens is 548 g/mol. The van der Waals surface area contributed by atoms with Crippen molar-refractivity contribution in [2.24, 2.45) is 0 Å². The Balaban J connectivity index is 1.50. The van der Waals surface area contributed by atoms with Crippen LogP contribution in [-0.2, 0) is 0 Å². The maximum Gasteiger partial charge on any atom is 0.143 e. The molecule has 0 aliphatic heterocycles. The van der Waals surface area contributed by atoms with E-state index >= 15 is 0 Å². The van der Waals surface area contributed by atoms with Crippen molar-refractivity contribution < 1.29 is 19.7 Å². The van der Waals surface area contributed by atoms with Crippen molar-refractivity contribution in [3.63, 3.8) is 0 Å². The van der Waals surface area contributed by atoms with Crippen LogP contribution in [0.1, 0.15) is 22.3 Å². The minimum Gasteiger partial charge on any atom is -0.506 e. The maximum atomic E-state index is 10.2. The molecule has 6 aromatic rings. The first-order valence-corrected chi connectivity index (χ1v) is 13.7. The van der Waals surface area contributed by atoms with Crippen LogP contribution in [-0.4, -0.2) is 10.2 Å². The van der Waals surface area contributed by atoms with E-state index in [1.807, 2.05) is 84.9 Å². The van der Waals surface area contributed by atoms with Gasteiger partial charge in [-0.25, -0.2) is 0 Å². The van der Waals surface area contributed by atoms with Gasteiger partial charge in [0.15, 0.2) is 0 Å². The third-order valence-electron chi connectivity index (χ3n) is 6.73. The predicted octanol–water partition coefficient (Wildman–Crippen LogP) is 7.80. The zero-order chi connectivity index (χ0) is 30.5. The lowest BCUT2D eigenvalue weighted by Gasteiger charge is -2.14. The van der Waals surface area contributed by atoms with Crippen molar-refractivity contribution in [2.75, 3.05) is 11.5 Å². The van der Waals surface area contributed by atoms with Crippen molar-refractivity contribution in [1.82, 2.24) is 0 Å². The van der Waals surface area contributed by atoms with Crippen molar-refractivity contribution in [3.05, 3.63) is 144 Å². The van der Waals surface area contributed by atoms with E-state index in [9.17, 15) is 10.2 Å². The number of nitrogen functional groups attached to an aromatic ring is 2. The fourth-order valence-corrected chi connectivity index (χ4v) is 4.42. The standard InChI is InChI=1S/C38H26N2O4/c39-33-17-15-31(23-35(33)41)43-37-21-30-20-28(14-12-26-9-5-2-6-10-26)38(44-32-16-18-34(40)36(42)24-32)22-29(30)19-27(37)13-11-25-7-3-1-4-8-25/h1-10,15-24,41-42H,39-40H2. The van der Waals surface area contributed by atoms with E-state index in [2.05, 4.69) is 23.7 Å². The highest BCUT2D eigenvalue weighted by Crippen LogP contribution is 2.37. The van der Waals surface area contributed by atoms with Crippen LogP contribution in [0.5, 0.6) is 34.5 Å². The molecule has 212 valence electrons. The van der Waals surface area contributed by atoms with E-state index in [0.29, 0.717) is 34.1 Å². The highest BCUT2D eigenvalue weighted by atomic mass is 16.5. The van der Waals surface area contributed by atoms with Crippen LogP contribution < -0.4 is 20.9 Å². The van der Waals surface area contributed by atoms with Crippen molar-refractivity contribution in [1.29, 1.82) is 0 Å². The molecule has 0 unspecified atom stereocenters. The van der Waals surface area contributed by atoms with Gasteiger partial charge in [-0.15, -0.1) is 0 Å². The van der Waals surface area contributed by atoms with Gasteiger partial charge in [-0.2, -0.15) is 0 Å². The summed E-state index contributed by atoms with van der Waals surface area (Å²) in [6, 6.07) is 36.3. The summed E-state index contributed by atoms with van der Waals surface area (Å²) in [7, 11) is 0. The van der Waals surface area contributed by atoms with Crippen molar-refractivity contribution in [3.8, 4) is 58.2 Å². The quantitative estimate of drug-likeness (QED) is 0.0971. The Morgan fingerprint density at radius 1 is 0.455 bits per heavy atom. The SMILES string of the molecule is Nc1ccc(Oc2cc3cc(C#Cc4ccccc4)c(Oc4ccc(N)c(O)c4)cc3cc2C#Cc2ccccc2)cc1O. The van der Waals surface area contributed by atoms with Gasteiger partial charge in [-0.1, -0.05) is 60.1 Å². The molecule has 0 aliphatic carbocycles. The van der Waals surface area contributed by atoms with Gasteiger partial charge in [0.25, 0.3) is 0 Å². The molecule has 0 aromatic heterocycles. The average Bonchev–Trinajstić information content (AvgIpc) is 3.03. The molecule has 0 spiro atoms. The fourth-order valence-electron chi connectivity index (χ4n) is 4.42. The maximum absolute atomic E-state index is 10.2. The topological polar surface area (TPSA) is 111 Å². The van der Waals surface area contributed by atoms with Crippen LogP contribution in [0.25, 0.3) is 10.8 Å². The fraction of sp³-hybridized carbons (Fsp3) is 0. The third-order valence-corrected chi connectivity index (χ3v) is 6.73. The number of hydrogen-bond donors (Lipinski definition) is 4. The summed E-state index contributed by atoms with van der Waals surface area (Å²) in [5.41, 5.74) is 15.0. The summed E-state index contributed by atoms with van der Waals surface area (Å²) < 4.78 is 12.5. The molecule has 6 N–H and O–H groups in total. The first-order valence-electron chi connectivity index (χ1n) is 13.7. The highest BCUT2D eigenvalue weighted by Gasteiger charge is 2.13. The molecular formula is C38H26N2O4. The van der Waals surface area contributed by atoms with E-state index in [4.69, 9.17) is 20.9 Å². The van der Waals surface area contributed by atoms with Gasteiger partial charge in [0, 0.05) is 23.3 Å². The van der Waals surface area contributed by atoms with Crippen LogP contribution in [0.4, 0.5) is 11.4 Å². The zero-order valence-electron chi connectivity index (χ0n) is 23.4. The van der Waals surface area contributed by atoms with E-state index in [1.54, 1.807) is 24.3 Å². The normalized spacial score (nSPS) is 10.3. The van der Waals surface area contributed by atoms with Crippen LogP contribution in [0.2, 0.25) is 0 Å². The lowest BCUT2D eigenvalue weighted by atomic mass is 10.0. The number of nitrogens with two attached hydrogens (primary N) is 2. The Labute approximate surface area is 254 Å². The summed E-state index contributed by atoms with van der Waals surface area (Å²) in [6.45, 7) is 0. The van der Waals surface area contributed by atoms with E-state index in [1.165, 1.54) is 12.1 Å². The van der Waals surface area contributed by atoms with Gasteiger partial charge < -0.3 is 31.2 Å². The number of aromatic hydroxyl groups is 2. The van der Waals surface area contributed by atoms with E-state index < -0.39 is 0 Å². The Bertz CT molecular complexity index is 1970. The number of hydrogen-bond acceptors (Lipinski definition) is 6. The summed E-state index contributed by atoms with van der Waals surface area (Å²) in [6.07, 6.45) is 0. The Morgan fingerprint density at radius 3 is 1.25 bits per heavy atom. The number of rotatable bonds is 4. The number of anilines is 2. The summed E-state index contributed by atoms with van der Waals surface area (Å²) in [4.78, 5) is 0. The van der Waals surface area contributed by atoms with Crippen LogP contribution in [0, 0.1) is 23.7 Å². The molecule has 0 aliphatic rings. The number of phenols is 2. The predicted molar refractivity (Wildman–Crippen MR) is 174 cm³/mol. The Hall–Kier alpha value is -6.50. The van der Waals surface area contributed by atoms with Crippen molar-refractivity contribution in [2.45, 2.75) is 0 Å². The van der Waals surface area contributed by atoms with Gasteiger partial charge in [0.2, 0.25) is 0 Å². The molecule has 0 bridgehead atoms. The Kier molecular flexibility index (Phi) is 7.65. The van der Waals surface area contributed by atoms with Gasteiger partial charge >= 0.3 is 0 Å². The van der Waals surface area contributed by atoms with Gasteiger partial charge in [-0.05, 0) is 83.6 Å². The van der Waals surface area contributed by atoms with E-state index in [0.717, 1.165) is 21.9 Å². The molecule has 0 saturated carbocycles. The van der Waals surface area contributed by atoms with Gasteiger partial charge in [-0.3, -0.25) is 0 Å². The molecule has 0 amide bonds. The second-order valence-electron chi connectivity index (χ2n) is 9.92. The second kappa shape index (κ2) is 12.2. The first kappa shape index (κ1) is 27.7. The number of phenolic OH excluding ortho intramolecular Hbond substituents is 2. The van der Waals surface area contributed by atoms with Crippen LogP contribution in [0.3, 0.4) is 0 Å². The monoisotopic (exact) mass is 574 g/mol. The average molecular weight is 575 g/mol. The van der Waals surface area contributed by atoms with Gasteiger partial charge in [0.1, 0.15) is 34.5 Å². The molecule has 6 aromatic carbocycles. The molecule has 0 saturated heterocycles. The lowest BCUT2D eigenvalue weighted by Crippen LogP contribution is -1.94. The number of benzene rings is 6. The second-order valence-corrected chi connectivity index (χ2v) is 9.92. The molecule has 6 heteroatoms. The molecule has 0 atom stereocenters. The minimum atomic E-state index is -0.0748. The molecule has 6 nitrogen and oxygen atoms in total. The summed E-state index contributed by atoms with van der Waals surface area (Å²) in [5, 5.41) is 22.0. The molecule has 44 heavy (non-hydrogen) atoms.